The number of nitrogens with zero attached hydrogens (tertiary/aromatic N) is 4. The number of aromatic nitrogens is 2. The Morgan fingerprint density at radius 2 is 2.02 bits per heavy atom. The van der Waals surface area contributed by atoms with E-state index in [0.29, 0.717) is 43.2 Å². The maximum Gasteiger partial charge on any atom is 0.418 e. The number of β-amino-alcohol motifs (C(OH)–C–C–N with tert-alkyl or cyclic N) is 1. The normalized spacial score (nSPS) is 27.0. The lowest BCUT2D eigenvalue weighted by Crippen LogP contribution is -2.47. The van der Waals surface area contributed by atoms with Gasteiger partial charge in [0.05, 0.1) is 40.8 Å². The van der Waals surface area contributed by atoms with E-state index in [1.54, 1.807) is 6.92 Å². The van der Waals surface area contributed by atoms with Crippen LogP contribution in [0.25, 0.3) is 0 Å². The SMILES string of the molecule is CC#Cc1cc(N)c(F)c([C@@H]2Cc3nc(OC[C@]45C=CCN4CCC5)nc(N4CCC[C@@](C)(O)C4)c3CO2)c1C(F)(F)F. The summed E-state index contributed by atoms with van der Waals surface area (Å²) in [4.78, 5) is 13.7. The molecule has 43 heavy (non-hydrogen) atoms. The van der Waals surface area contributed by atoms with Crippen molar-refractivity contribution in [2.24, 2.45) is 0 Å². The average Bonchev–Trinajstić information content (AvgIpc) is 3.52. The zero-order valence-electron chi connectivity index (χ0n) is 24.2. The number of benzene rings is 1. The van der Waals surface area contributed by atoms with Crippen LogP contribution in [0.2, 0.25) is 0 Å². The lowest BCUT2D eigenvalue weighted by Gasteiger charge is -2.39. The molecule has 6 rings (SSSR count). The maximum absolute atomic E-state index is 15.5. The number of rotatable bonds is 5. The smallest absolute Gasteiger partial charge is 0.418 e. The first kappa shape index (κ1) is 29.7. The molecule has 0 aliphatic carbocycles. The van der Waals surface area contributed by atoms with Crippen molar-refractivity contribution in [3.8, 4) is 17.9 Å². The van der Waals surface area contributed by atoms with Gasteiger partial charge in [0.2, 0.25) is 0 Å². The first-order valence-corrected chi connectivity index (χ1v) is 14.6. The van der Waals surface area contributed by atoms with Crippen LogP contribution >= 0.6 is 0 Å². The summed E-state index contributed by atoms with van der Waals surface area (Å²) in [6, 6.07) is 0.995. The lowest BCUT2D eigenvalue weighted by atomic mass is 9.90. The Morgan fingerprint density at radius 3 is 2.77 bits per heavy atom. The number of piperidine rings is 1. The number of ether oxygens (including phenoxy) is 2. The molecule has 3 atom stereocenters. The molecule has 4 aliphatic heterocycles. The topological polar surface area (TPSA) is 97.0 Å². The van der Waals surface area contributed by atoms with Gasteiger partial charge < -0.3 is 25.2 Å². The van der Waals surface area contributed by atoms with Crippen molar-refractivity contribution in [2.75, 3.05) is 43.4 Å². The molecule has 3 N–H and O–H groups in total. The highest BCUT2D eigenvalue weighted by Gasteiger charge is 2.44. The molecular weight excluding hydrogens is 566 g/mol. The molecule has 1 aromatic carbocycles. The highest BCUT2D eigenvalue weighted by molar-refractivity contribution is 5.59. The van der Waals surface area contributed by atoms with E-state index in [-0.39, 0.29) is 24.6 Å². The molecule has 230 valence electrons. The molecular formula is C31H35F4N5O3. The Balaban J connectivity index is 1.40. The molecule has 0 radical (unpaired) electrons. The number of fused-ring (bicyclic) bond motifs is 2. The summed E-state index contributed by atoms with van der Waals surface area (Å²) in [5.41, 5.74) is 2.88. The van der Waals surface area contributed by atoms with Crippen LogP contribution in [0, 0.1) is 17.7 Å². The van der Waals surface area contributed by atoms with Crippen molar-refractivity contribution in [1.82, 2.24) is 14.9 Å². The van der Waals surface area contributed by atoms with Gasteiger partial charge in [-0.3, -0.25) is 4.90 Å². The molecule has 0 saturated carbocycles. The molecule has 2 saturated heterocycles. The summed E-state index contributed by atoms with van der Waals surface area (Å²) in [6.07, 6.45) is 1.21. The van der Waals surface area contributed by atoms with E-state index in [1.807, 2.05) is 4.90 Å². The van der Waals surface area contributed by atoms with E-state index in [2.05, 4.69) is 33.9 Å². The van der Waals surface area contributed by atoms with E-state index in [0.717, 1.165) is 38.4 Å². The minimum atomic E-state index is -4.90. The van der Waals surface area contributed by atoms with Crippen molar-refractivity contribution in [1.29, 1.82) is 0 Å². The molecule has 2 fully saturated rings. The Morgan fingerprint density at radius 1 is 1.23 bits per heavy atom. The zero-order chi connectivity index (χ0) is 30.6. The molecule has 0 unspecified atom stereocenters. The average molecular weight is 602 g/mol. The van der Waals surface area contributed by atoms with Gasteiger partial charge in [0.15, 0.2) is 5.82 Å². The second kappa shape index (κ2) is 10.9. The van der Waals surface area contributed by atoms with Gasteiger partial charge in [0, 0.05) is 42.7 Å². The van der Waals surface area contributed by atoms with Crippen LogP contribution in [0.4, 0.5) is 29.1 Å². The van der Waals surface area contributed by atoms with Crippen molar-refractivity contribution >= 4 is 11.5 Å². The number of nitrogen functional groups attached to an aromatic ring is 1. The predicted molar refractivity (Wildman–Crippen MR) is 152 cm³/mol. The van der Waals surface area contributed by atoms with Crippen LogP contribution in [0.3, 0.4) is 0 Å². The minimum Gasteiger partial charge on any atom is -0.461 e. The summed E-state index contributed by atoms with van der Waals surface area (Å²) in [5.74, 6) is 4.20. The predicted octanol–water partition coefficient (Wildman–Crippen LogP) is 4.54. The first-order valence-electron chi connectivity index (χ1n) is 14.6. The van der Waals surface area contributed by atoms with Crippen LogP contribution in [-0.2, 0) is 23.9 Å². The summed E-state index contributed by atoms with van der Waals surface area (Å²) in [5, 5.41) is 10.8. The van der Waals surface area contributed by atoms with Gasteiger partial charge in [-0.15, -0.1) is 5.92 Å². The fourth-order valence-corrected chi connectivity index (χ4v) is 6.90. The van der Waals surface area contributed by atoms with Crippen LogP contribution in [-0.4, -0.2) is 63.9 Å². The number of aliphatic hydroxyl groups is 1. The monoisotopic (exact) mass is 601 g/mol. The third kappa shape index (κ3) is 5.54. The van der Waals surface area contributed by atoms with E-state index in [1.165, 1.54) is 6.92 Å². The van der Waals surface area contributed by atoms with Crippen LogP contribution in [0.5, 0.6) is 6.01 Å². The fraction of sp³-hybridized carbons (Fsp3) is 0.548. The third-order valence-corrected chi connectivity index (χ3v) is 8.90. The molecule has 1 aromatic heterocycles. The number of anilines is 2. The van der Waals surface area contributed by atoms with Gasteiger partial charge in [-0.25, -0.2) is 4.39 Å². The van der Waals surface area contributed by atoms with Crippen molar-refractivity contribution < 1.29 is 32.1 Å². The highest BCUT2D eigenvalue weighted by Crippen LogP contribution is 2.45. The largest absolute Gasteiger partial charge is 0.461 e. The Bertz CT molecular complexity index is 1520. The van der Waals surface area contributed by atoms with Gasteiger partial charge >= 0.3 is 12.2 Å². The molecule has 12 heteroatoms. The third-order valence-electron chi connectivity index (χ3n) is 8.90. The van der Waals surface area contributed by atoms with Crippen molar-refractivity contribution in [3.63, 3.8) is 0 Å². The number of hydrogen-bond acceptors (Lipinski definition) is 8. The second-order valence-electron chi connectivity index (χ2n) is 12.1. The van der Waals surface area contributed by atoms with Crippen LogP contribution < -0.4 is 15.4 Å². The Hall–Kier alpha value is -3.40. The van der Waals surface area contributed by atoms with Gasteiger partial charge in [-0.05, 0) is 52.1 Å². The Kier molecular flexibility index (Phi) is 7.55. The first-order chi connectivity index (χ1) is 20.4. The van der Waals surface area contributed by atoms with Gasteiger partial charge in [-0.1, -0.05) is 18.1 Å². The molecule has 0 bridgehead atoms. The number of alkyl halides is 3. The summed E-state index contributed by atoms with van der Waals surface area (Å²) in [7, 11) is 0. The molecule has 0 amide bonds. The summed E-state index contributed by atoms with van der Waals surface area (Å²) >= 11 is 0. The van der Waals surface area contributed by atoms with Crippen molar-refractivity contribution in [3.05, 3.63) is 52.0 Å². The molecule has 4 aliphatic rings. The molecule has 8 nitrogen and oxygen atoms in total. The van der Waals surface area contributed by atoms with Gasteiger partial charge in [0.25, 0.3) is 0 Å². The molecule has 5 heterocycles. The van der Waals surface area contributed by atoms with Gasteiger partial charge in [-0.2, -0.15) is 23.1 Å². The van der Waals surface area contributed by atoms with Crippen LogP contribution in [0.1, 0.15) is 73.6 Å². The molecule has 2 aromatic rings. The lowest BCUT2D eigenvalue weighted by molar-refractivity contribution is -0.140. The van der Waals surface area contributed by atoms with E-state index in [4.69, 9.17) is 20.2 Å². The quantitative estimate of drug-likeness (QED) is 0.223. The highest BCUT2D eigenvalue weighted by atomic mass is 19.4. The fourth-order valence-electron chi connectivity index (χ4n) is 6.90. The minimum absolute atomic E-state index is 0.0859. The van der Waals surface area contributed by atoms with E-state index >= 15 is 4.39 Å². The van der Waals surface area contributed by atoms with Crippen molar-refractivity contribution in [2.45, 2.75) is 76.0 Å². The standard InChI is InChI=1S/C31H35F4N5O3/c1-3-7-19-14-21(36)26(32)24(25(19)31(33,34)35)23-15-22-20(16-42-23)27(39-11-4-8-29(2,41)17-39)38-28(37-22)43-18-30-9-5-12-40(30)13-6-10-30/h5,9,14,23,41H,4,6,8,10-13,15-18,36H2,1-2H3/t23-,29+,30+/m0/s1. The second-order valence-corrected chi connectivity index (χ2v) is 12.1. The van der Waals surface area contributed by atoms with E-state index in [9.17, 15) is 18.3 Å². The number of halogens is 4. The number of nitrogens with two attached hydrogens (primary N) is 1. The molecule has 0 spiro atoms. The van der Waals surface area contributed by atoms with Crippen LogP contribution in [0.15, 0.2) is 18.2 Å². The Labute approximate surface area is 247 Å². The summed E-state index contributed by atoms with van der Waals surface area (Å²) in [6.45, 7) is 6.05. The van der Waals surface area contributed by atoms with E-state index < -0.39 is 46.1 Å². The maximum atomic E-state index is 15.5. The number of hydrogen-bond donors (Lipinski definition) is 2. The zero-order valence-corrected chi connectivity index (χ0v) is 24.2. The van der Waals surface area contributed by atoms with Gasteiger partial charge in [0.1, 0.15) is 12.4 Å². The summed E-state index contributed by atoms with van der Waals surface area (Å²) < 4.78 is 70.8.